The van der Waals surface area contributed by atoms with Gasteiger partial charge in [0.1, 0.15) is 0 Å². The number of nitrogens with zero attached hydrogens (tertiary/aromatic N) is 2. The predicted molar refractivity (Wildman–Crippen MR) is 58.4 cm³/mol. The first-order valence-electron chi connectivity index (χ1n) is 5.33. The Morgan fingerprint density at radius 1 is 1.40 bits per heavy atom. The second-order valence-corrected chi connectivity index (χ2v) is 4.73. The van der Waals surface area contributed by atoms with Crippen molar-refractivity contribution in [1.29, 1.82) is 0 Å². The van der Waals surface area contributed by atoms with Crippen LogP contribution in [0, 0.1) is 0 Å². The van der Waals surface area contributed by atoms with Gasteiger partial charge < -0.3 is 9.84 Å². The molecule has 4 nitrogen and oxygen atoms in total. The number of nitrogens with one attached hydrogen (secondary N) is 1. The molecule has 1 saturated heterocycles. The summed E-state index contributed by atoms with van der Waals surface area (Å²) >= 11 is 0. The Morgan fingerprint density at radius 2 is 2.13 bits per heavy atom. The van der Waals surface area contributed by atoms with Gasteiger partial charge in [0.25, 0.3) is 0 Å². The summed E-state index contributed by atoms with van der Waals surface area (Å²) in [5.74, 6) is 2.23. The van der Waals surface area contributed by atoms with E-state index in [1.54, 1.807) is 0 Å². The molecule has 0 radical (unpaired) electrons. The normalized spacial score (nSPS) is 23.8. The number of rotatable bonds is 2. The molecule has 2 fully saturated rings. The minimum absolute atomic E-state index is 0. The Hall–Kier alpha value is -0.610. The van der Waals surface area contributed by atoms with E-state index < -0.39 is 0 Å². The fourth-order valence-electron chi connectivity index (χ4n) is 2.04. The third-order valence-electron chi connectivity index (χ3n) is 3.56. The molecule has 15 heavy (non-hydrogen) atoms. The highest BCUT2D eigenvalue weighted by atomic mass is 35.5. The van der Waals surface area contributed by atoms with Crippen molar-refractivity contribution in [2.45, 2.75) is 37.5 Å². The van der Waals surface area contributed by atoms with E-state index >= 15 is 0 Å². The SMILES string of the molecule is CC1(c2nc(C3CNC3)no2)CCC1.Cl. The van der Waals surface area contributed by atoms with Crippen molar-refractivity contribution in [1.82, 2.24) is 15.5 Å². The van der Waals surface area contributed by atoms with Crippen LogP contribution in [0.3, 0.4) is 0 Å². The number of hydrogen-bond acceptors (Lipinski definition) is 4. The quantitative estimate of drug-likeness (QED) is 0.838. The van der Waals surface area contributed by atoms with Crippen LogP contribution in [0.25, 0.3) is 0 Å². The van der Waals surface area contributed by atoms with Gasteiger partial charge in [0.2, 0.25) is 5.89 Å². The molecule has 5 heteroatoms. The van der Waals surface area contributed by atoms with Crippen molar-refractivity contribution in [3.63, 3.8) is 0 Å². The van der Waals surface area contributed by atoms with Crippen molar-refractivity contribution >= 4 is 12.4 Å². The minimum atomic E-state index is 0. The molecule has 0 spiro atoms. The minimum Gasteiger partial charge on any atom is -0.339 e. The van der Waals surface area contributed by atoms with Crippen LogP contribution in [0.4, 0.5) is 0 Å². The molecule has 3 rings (SSSR count). The van der Waals surface area contributed by atoms with Crippen LogP contribution in [-0.4, -0.2) is 23.2 Å². The Balaban J connectivity index is 0.000000853. The zero-order valence-electron chi connectivity index (χ0n) is 8.82. The molecular formula is C10H16ClN3O. The van der Waals surface area contributed by atoms with E-state index in [2.05, 4.69) is 22.4 Å². The lowest BCUT2D eigenvalue weighted by molar-refractivity contribution is 0.194. The molecule has 2 heterocycles. The van der Waals surface area contributed by atoms with Gasteiger partial charge in [-0.05, 0) is 12.8 Å². The lowest BCUT2D eigenvalue weighted by Gasteiger charge is -2.34. The molecule has 0 atom stereocenters. The van der Waals surface area contributed by atoms with Gasteiger partial charge in [0, 0.05) is 24.4 Å². The zero-order chi connectivity index (χ0) is 9.60. The van der Waals surface area contributed by atoms with E-state index in [-0.39, 0.29) is 17.8 Å². The summed E-state index contributed by atoms with van der Waals surface area (Å²) in [6, 6.07) is 0. The van der Waals surface area contributed by atoms with Gasteiger partial charge in [-0.25, -0.2) is 0 Å². The first kappa shape index (κ1) is 10.9. The van der Waals surface area contributed by atoms with Crippen LogP contribution in [0.15, 0.2) is 4.52 Å². The van der Waals surface area contributed by atoms with E-state index in [4.69, 9.17) is 4.52 Å². The number of hydrogen-bond donors (Lipinski definition) is 1. The number of halogens is 1. The molecule has 0 amide bonds. The van der Waals surface area contributed by atoms with E-state index in [0.29, 0.717) is 5.92 Å². The summed E-state index contributed by atoms with van der Waals surface area (Å²) in [4.78, 5) is 4.51. The maximum absolute atomic E-state index is 5.34. The summed E-state index contributed by atoms with van der Waals surface area (Å²) in [7, 11) is 0. The molecule has 0 unspecified atom stereocenters. The fraction of sp³-hybridized carbons (Fsp3) is 0.800. The van der Waals surface area contributed by atoms with Gasteiger partial charge in [0.05, 0.1) is 0 Å². The molecule has 1 aliphatic heterocycles. The third kappa shape index (κ3) is 1.66. The van der Waals surface area contributed by atoms with Gasteiger partial charge >= 0.3 is 0 Å². The standard InChI is InChI=1S/C10H15N3O.ClH/c1-10(3-2-4-10)9-12-8(13-14-9)7-5-11-6-7;/h7,11H,2-6H2,1H3;1H. The van der Waals surface area contributed by atoms with Crippen LogP contribution in [0.2, 0.25) is 0 Å². The molecule has 1 aromatic rings. The Labute approximate surface area is 95.2 Å². The molecule has 1 aromatic heterocycles. The first-order chi connectivity index (χ1) is 6.78. The average Bonchev–Trinajstić information content (AvgIpc) is 2.46. The van der Waals surface area contributed by atoms with E-state index in [9.17, 15) is 0 Å². The Bertz CT molecular complexity index is 344. The van der Waals surface area contributed by atoms with Crippen LogP contribution in [0.1, 0.15) is 43.8 Å². The molecule has 1 N–H and O–H groups in total. The second-order valence-electron chi connectivity index (χ2n) is 4.73. The van der Waals surface area contributed by atoms with Crippen molar-refractivity contribution in [3.8, 4) is 0 Å². The lowest BCUT2D eigenvalue weighted by Crippen LogP contribution is -2.40. The maximum atomic E-state index is 5.34. The zero-order valence-corrected chi connectivity index (χ0v) is 9.64. The van der Waals surface area contributed by atoms with Crippen LogP contribution in [-0.2, 0) is 5.41 Å². The summed E-state index contributed by atoms with van der Waals surface area (Å²) in [5, 5.41) is 7.27. The highest BCUT2D eigenvalue weighted by molar-refractivity contribution is 5.85. The monoisotopic (exact) mass is 229 g/mol. The van der Waals surface area contributed by atoms with E-state index in [1.165, 1.54) is 19.3 Å². The highest BCUT2D eigenvalue weighted by Crippen LogP contribution is 2.42. The summed E-state index contributed by atoms with van der Waals surface area (Å²) in [6.45, 7) is 4.21. The molecule has 0 aromatic carbocycles. The van der Waals surface area contributed by atoms with Crippen molar-refractivity contribution in [2.24, 2.45) is 0 Å². The Morgan fingerprint density at radius 3 is 2.60 bits per heavy atom. The van der Waals surface area contributed by atoms with E-state index in [1.807, 2.05) is 0 Å². The third-order valence-corrected chi connectivity index (χ3v) is 3.56. The second kappa shape index (κ2) is 3.76. The fourth-order valence-corrected chi connectivity index (χ4v) is 2.04. The van der Waals surface area contributed by atoms with Crippen molar-refractivity contribution in [3.05, 3.63) is 11.7 Å². The van der Waals surface area contributed by atoms with Crippen LogP contribution >= 0.6 is 12.4 Å². The molecule has 0 bridgehead atoms. The molecular weight excluding hydrogens is 214 g/mol. The van der Waals surface area contributed by atoms with Crippen LogP contribution in [0.5, 0.6) is 0 Å². The van der Waals surface area contributed by atoms with Crippen molar-refractivity contribution < 1.29 is 4.52 Å². The largest absolute Gasteiger partial charge is 0.339 e. The van der Waals surface area contributed by atoms with Gasteiger partial charge in [-0.2, -0.15) is 4.98 Å². The van der Waals surface area contributed by atoms with Gasteiger partial charge in [0.15, 0.2) is 5.82 Å². The lowest BCUT2D eigenvalue weighted by atomic mass is 9.70. The summed E-state index contributed by atoms with van der Waals surface area (Å²) in [6.07, 6.45) is 3.67. The maximum Gasteiger partial charge on any atom is 0.232 e. The number of aromatic nitrogens is 2. The molecule has 1 saturated carbocycles. The first-order valence-corrected chi connectivity index (χ1v) is 5.33. The van der Waals surface area contributed by atoms with Gasteiger partial charge in [-0.15, -0.1) is 12.4 Å². The Kier molecular flexibility index (Phi) is 2.73. The topological polar surface area (TPSA) is 51.0 Å². The van der Waals surface area contributed by atoms with Gasteiger partial charge in [-0.3, -0.25) is 0 Å². The molecule has 2 aliphatic rings. The molecule has 1 aliphatic carbocycles. The van der Waals surface area contributed by atoms with Gasteiger partial charge in [-0.1, -0.05) is 18.5 Å². The summed E-state index contributed by atoms with van der Waals surface area (Å²) < 4.78 is 5.34. The smallest absolute Gasteiger partial charge is 0.232 e. The predicted octanol–water partition coefficient (Wildman–Crippen LogP) is 1.62. The summed E-state index contributed by atoms with van der Waals surface area (Å²) in [5.41, 5.74) is 0.183. The molecule has 84 valence electrons. The average molecular weight is 230 g/mol. The van der Waals surface area contributed by atoms with E-state index in [0.717, 1.165) is 24.8 Å². The van der Waals surface area contributed by atoms with Crippen molar-refractivity contribution in [2.75, 3.05) is 13.1 Å². The van der Waals surface area contributed by atoms with Crippen LogP contribution < -0.4 is 5.32 Å². The highest BCUT2D eigenvalue weighted by Gasteiger charge is 2.39.